The molecule has 172 valence electrons. The van der Waals surface area contributed by atoms with Gasteiger partial charge in [-0.05, 0) is 50.6 Å². The molecule has 0 unspecified atom stereocenters. The number of hydrogen-bond donors (Lipinski definition) is 1. The molecule has 1 aromatic heterocycles. The van der Waals surface area contributed by atoms with Gasteiger partial charge in [-0.25, -0.2) is 13.4 Å². The Morgan fingerprint density at radius 1 is 1.19 bits per heavy atom. The molecule has 1 amide bonds. The van der Waals surface area contributed by atoms with E-state index in [0.29, 0.717) is 5.92 Å². The third-order valence-electron chi connectivity index (χ3n) is 6.72. The summed E-state index contributed by atoms with van der Waals surface area (Å²) in [5.41, 5.74) is 1.27. The van der Waals surface area contributed by atoms with E-state index >= 15 is 0 Å². The predicted molar refractivity (Wildman–Crippen MR) is 120 cm³/mol. The van der Waals surface area contributed by atoms with E-state index in [1.165, 1.54) is 12.0 Å². The van der Waals surface area contributed by atoms with Crippen molar-refractivity contribution in [2.75, 3.05) is 56.2 Å². The number of carbonyl (C=O) groups excluding carboxylic acids is 1. The smallest absolute Gasteiger partial charge is 0.235 e. The first-order chi connectivity index (χ1) is 14.9. The van der Waals surface area contributed by atoms with Crippen LogP contribution in [0.3, 0.4) is 0 Å². The van der Waals surface area contributed by atoms with E-state index < -0.39 is 15.6 Å². The molecule has 9 heteroatoms. The monoisotopic (exact) mass is 450 g/mol. The molecule has 1 saturated heterocycles. The molecular weight excluding hydrogens is 416 g/mol. The number of nitrogens with zero attached hydrogens (tertiary/aromatic N) is 3. The van der Waals surface area contributed by atoms with Crippen molar-refractivity contribution in [3.63, 3.8) is 0 Å². The van der Waals surface area contributed by atoms with Gasteiger partial charge < -0.3 is 15.0 Å². The Kier molecular flexibility index (Phi) is 7.01. The number of sulfone groups is 1. The van der Waals surface area contributed by atoms with Gasteiger partial charge in [0.15, 0.2) is 21.4 Å². The van der Waals surface area contributed by atoms with E-state index in [0.717, 1.165) is 89.3 Å². The molecule has 2 fully saturated rings. The number of hydrogen-bond acceptors (Lipinski definition) is 7. The van der Waals surface area contributed by atoms with Gasteiger partial charge in [0, 0.05) is 56.7 Å². The standard InChI is InChI=1S/C22H34N4O4S/c1-31(28,29)16-20(27)24-19-4-2-17(3-5-19)7-10-25-11-13-26(14-12-25)22-21-18(6-9-23-22)8-15-30-21/h6,9,17,19H,2-5,7-8,10-16H2,1H3,(H,24,27)/t17-,19-. The molecule has 2 aliphatic heterocycles. The highest BCUT2D eigenvalue weighted by molar-refractivity contribution is 7.91. The number of aromatic nitrogens is 1. The van der Waals surface area contributed by atoms with Gasteiger partial charge in [0.25, 0.3) is 0 Å². The molecule has 1 aromatic rings. The second kappa shape index (κ2) is 9.73. The summed E-state index contributed by atoms with van der Waals surface area (Å²) >= 11 is 0. The first-order valence-corrected chi connectivity index (χ1v) is 13.5. The lowest BCUT2D eigenvalue weighted by molar-refractivity contribution is -0.119. The van der Waals surface area contributed by atoms with E-state index in [4.69, 9.17) is 4.74 Å². The molecule has 31 heavy (non-hydrogen) atoms. The minimum Gasteiger partial charge on any atom is -0.489 e. The van der Waals surface area contributed by atoms with E-state index in [1.807, 2.05) is 6.20 Å². The molecule has 1 aliphatic carbocycles. The van der Waals surface area contributed by atoms with Crippen molar-refractivity contribution in [3.05, 3.63) is 17.8 Å². The van der Waals surface area contributed by atoms with Crippen LogP contribution in [-0.2, 0) is 21.1 Å². The molecule has 0 atom stereocenters. The van der Waals surface area contributed by atoms with Crippen LogP contribution in [0.5, 0.6) is 5.75 Å². The first kappa shape index (κ1) is 22.3. The second-order valence-electron chi connectivity index (χ2n) is 9.19. The van der Waals surface area contributed by atoms with Gasteiger partial charge in [0.05, 0.1) is 6.61 Å². The number of fused-ring (bicyclic) bond motifs is 1. The summed E-state index contributed by atoms with van der Waals surface area (Å²) in [6, 6.07) is 2.19. The summed E-state index contributed by atoms with van der Waals surface area (Å²) in [5, 5.41) is 2.89. The fourth-order valence-corrected chi connectivity index (χ4v) is 5.53. The van der Waals surface area contributed by atoms with Crippen molar-refractivity contribution in [2.45, 2.75) is 44.6 Å². The highest BCUT2D eigenvalue weighted by atomic mass is 32.2. The number of rotatable bonds is 7. The third kappa shape index (κ3) is 6.10. The number of pyridine rings is 1. The SMILES string of the molecule is CS(=O)(=O)CC(=O)N[C@H]1CC[C@H](CCN2CCN(c3nccc4c3OCC4)CC2)CC1. The first-order valence-electron chi connectivity index (χ1n) is 11.4. The van der Waals surface area contributed by atoms with E-state index in [9.17, 15) is 13.2 Å². The summed E-state index contributed by atoms with van der Waals surface area (Å²) in [6.07, 6.45) is 9.25. The zero-order valence-electron chi connectivity index (χ0n) is 18.4. The van der Waals surface area contributed by atoms with E-state index in [-0.39, 0.29) is 11.9 Å². The highest BCUT2D eigenvalue weighted by Gasteiger charge is 2.27. The molecule has 0 radical (unpaired) electrons. The van der Waals surface area contributed by atoms with Crippen LogP contribution in [0.15, 0.2) is 12.3 Å². The van der Waals surface area contributed by atoms with Crippen LogP contribution in [0, 0.1) is 5.92 Å². The Morgan fingerprint density at radius 2 is 1.94 bits per heavy atom. The summed E-state index contributed by atoms with van der Waals surface area (Å²) in [6.45, 7) is 5.92. The van der Waals surface area contributed by atoms with Crippen LogP contribution in [0.4, 0.5) is 5.82 Å². The Balaban J connectivity index is 1.15. The van der Waals surface area contributed by atoms with Gasteiger partial charge >= 0.3 is 0 Å². The number of piperazine rings is 1. The van der Waals surface area contributed by atoms with Crippen molar-refractivity contribution >= 4 is 21.6 Å². The van der Waals surface area contributed by atoms with Gasteiger partial charge in [-0.15, -0.1) is 0 Å². The fourth-order valence-electron chi connectivity index (χ4n) is 4.97. The average Bonchev–Trinajstić information content (AvgIpc) is 3.21. The quantitative estimate of drug-likeness (QED) is 0.668. The maximum atomic E-state index is 11.8. The molecule has 4 rings (SSSR count). The average molecular weight is 451 g/mol. The van der Waals surface area contributed by atoms with Crippen molar-refractivity contribution in [3.8, 4) is 5.75 Å². The largest absolute Gasteiger partial charge is 0.489 e. The maximum absolute atomic E-state index is 11.8. The number of amides is 1. The second-order valence-corrected chi connectivity index (χ2v) is 11.3. The lowest BCUT2D eigenvalue weighted by Crippen LogP contribution is -2.47. The van der Waals surface area contributed by atoms with Gasteiger partial charge in [-0.2, -0.15) is 0 Å². The van der Waals surface area contributed by atoms with Crippen LogP contribution in [-0.4, -0.2) is 81.6 Å². The maximum Gasteiger partial charge on any atom is 0.235 e. The number of anilines is 1. The van der Waals surface area contributed by atoms with Gasteiger partial charge in [0.2, 0.25) is 5.91 Å². The topological polar surface area (TPSA) is 91.8 Å². The summed E-state index contributed by atoms with van der Waals surface area (Å²) in [5.74, 6) is 1.90. The van der Waals surface area contributed by atoms with Gasteiger partial charge in [0.1, 0.15) is 5.75 Å². The van der Waals surface area contributed by atoms with Crippen LogP contribution in [0.25, 0.3) is 0 Å². The van der Waals surface area contributed by atoms with Crippen LogP contribution >= 0.6 is 0 Å². The third-order valence-corrected chi connectivity index (χ3v) is 7.50. The van der Waals surface area contributed by atoms with Crippen LogP contribution < -0.4 is 15.0 Å². The van der Waals surface area contributed by atoms with Crippen molar-refractivity contribution in [2.24, 2.45) is 5.92 Å². The molecule has 3 aliphatic rings. The number of ether oxygens (including phenoxy) is 1. The normalized spacial score (nSPS) is 24.5. The Morgan fingerprint density at radius 3 is 2.65 bits per heavy atom. The van der Waals surface area contributed by atoms with Gasteiger partial charge in [-0.3, -0.25) is 9.69 Å². The van der Waals surface area contributed by atoms with E-state index in [2.05, 4.69) is 26.2 Å². The molecule has 1 N–H and O–H groups in total. The van der Waals surface area contributed by atoms with Crippen molar-refractivity contribution < 1.29 is 17.9 Å². The number of carbonyl (C=O) groups is 1. The predicted octanol–water partition coefficient (Wildman–Crippen LogP) is 1.25. The molecule has 8 nitrogen and oxygen atoms in total. The Bertz CT molecular complexity index is 875. The summed E-state index contributed by atoms with van der Waals surface area (Å²) in [4.78, 5) is 21.3. The van der Waals surface area contributed by atoms with Crippen LogP contribution in [0.1, 0.15) is 37.7 Å². The molecule has 3 heterocycles. The molecule has 0 aromatic carbocycles. The van der Waals surface area contributed by atoms with Crippen molar-refractivity contribution in [1.29, 1.82) is 0 Å². The molecular formula is C22H34N4O4S. The van der Waals surface area contributed by atoms with E-state index in [1.54, 1.807) is 0 Å². The fraction of sp³-hybridized carbons (Fsp3) is 0.727. The Labute approximate surface area is 185 Å². The summed E-state index contributed by atoms with van der Waals surface area (Å²) < 4.78 is 28.3. The summed E-state index contributed by atoms with van der Waals surface area (Å²) in [7, 11) is -3.26. The zero-order valence-corrected chi connectivity index (χ0v) is 19.2. The Hall–Kier alpha value is -1.87. The molecule has 0 bridgehead atoms. The van der Waals surface area contributed by atoms with Crippen LogP contribution in [0.2, 0.25) is 0 Å². The minimum absolute atomic E-state index is 0.122. The number of nitrogens with one attached hydrogen (secondary N) is 1. The molecule has 0 spiro atoms. The lowest BCUT2D eigenvalue weighted by Gasteiger charge is -2.37. The highest BCUT2D eigenvalue weighted by Crippen LogP contribution is 2.34. The van der Waals surface area contributed by atoms with Crippen molar-refractivity contribution in [1.82, 2.24) is 15.2 Å². The van der Waals surface area contributed by atoms with Gasteiger partial charge in [-0.1, -0.05) is 0 Å². The zero-order chi connectivity index (χ0) is 21.8. The lowest BCUT2D eigenvalue weighted by atomic mass is 9.84. The minimum atomic E-state index is -3.26. The molecule has 1 saturated carbocycles.